The van der Waals surface area contributed by atoms with E-state index in [1.165, 1.54) is 0 Å². The van der Waals surface area contributed by atoms with E-state index in [9.17, 15) is 9.59 Å². The van der Waals surface area contributed by atoms with Crippen LogP contribution in [0, 0.1) is 19.8 Å². The molecule has 3 heterocycles. The third-order valence-corrected chi connectivity index (χ3v) is 6.74. The van der Waals surface area contributed by atoms with E-state index in [0.29, 0.717) is 25.0 Å². The van der Waals surface area contributed by atoms with Gasteiger partial charge in [-0.2, -0.15) is 0 Å². The molecule has 1 aromatic carbocycles. The SMILES string of the molecule is Cc1noc(C)c1-c1cc(NC(=O)C2CC2)ccc1OCCN1CCN2C(=O)CCC2C1. The van der Waals surface area contributed by atoms with Crippen molar-refractivity contribution in [1.82, 2.24) is 15.0 Å². The molecule has 8 nitrogen and oxygen atoms in total. The van der Waals surface area contributed by atoms with Crippen LogP contribution in [0.25, 0.3) is 11.1 Å². The van der Waals surface area contributed by atoms with Crippen LogP contribution in [0.3, 0.4) is 0 Å². The van der Waals surface area contributed by atoms with Crippen LogP contribution in [0.4, 0.5) is 5.69 Å². The van der Waals surface area contributed by atoms with Crippen LogP contribution < -0.4 is 10.1 Å². The first-order valence-corrected chi connectivity index (χ1v) is 11.5. The maximum Gasteiger partial charge on any atom is 0.227 e. The van der Waals surface area contributed by atoms with Crippen molar-refractivity contribution in [2.24, 2.45) is 5.92 Å². The summed E-state index contributed by atoms with van der Waals surface area (Å²) >= 11 is 0. The summed E-state index contributed by atoms with van der Waals surface area (Å²) in [5.41, 5.74) is 3.33. The number of hydrogen-bond acceptors (Lipinski definition) is 6. The van der Waals surface area contributed by atoms with Crippen molar-refractivity contribution in [3.63, 3.8) is 0 Å². The summed E-state index contributed by atoms with van der Waals surface area (Å²) in [6.45, 7) is 7.75. The van der Waals surface area contributed by atoms with E-state index in [1.54, 1.807) is 0 Å². The van der Waals surface area contributed by atoms with Crippen LogP contribution in [0.2, 0.25) is 0 Å². The number of hydrogen-bond donors (Lipinski definition) is 1. The molecule has 3 fully saturated rings. The molecule has 1 unspecified atom stereocenters. The fourth-order valence-electron chi connectivity index (χ4n) is 4.80. The summed E-state index contributed by atoms with van der Waals surface area (Å²) in [4.78, 5) is 28.5. The smallest absolute Gasteiger partial charge is 0.227 e. The van der Waals surface area contributed by atoms with E-state index in [1.807, 2.05) is 36.9 Å². The van der Waals surface area contributed by atoms with E-state index < -0.39 is 0 Å². The number of nitrogens with zero attached hydrogens (tertiary/aromatic N) is 3. The summed E-state index contributed by atoms with van der Waals surface area (Å²) in [6.07, 6.45) is 3.57. The van der Waals surface area contributed by atoms with Crippen LogP contribution in [0.1, 0.15) is 37.1 Å². The highest BCUT2D eigenvalue weighted by molar-refractivity contribution is 5.95. The molecular weight excluding hydrogens is 408 g/mol. The van der Waals surface area contributed by atoms with Gasteiger partial charge in [0.2, 0.25) is 11.8 Å². The summed E-state index contributed by atoms with van der Waals surface area (Å²) in [7, 11) is 0. The van der Waals surface area contributed by atoms with Gasteiger partial charge >= 0.3 is 0 Å². The number of aryl methyl sites for hydroxylation is 2. The molecule has 1 saturated carbocycles. The summed E-state index contributed by atoms with van der Waals surface area (Å²) in [5.74, 6) is 1.99. The molecule has 2 saturated heterocycles. The fourth-order valence-corrected chi connectivity index (χ4v) is 4.80. The van der Waals surface area contributed by atoms with Gasteiger partial charge < -0.3 is 19.5 Å². The number of ether oxygens (including phenoxy) is 1. The first-order valence-electron chi connectivity index (χ1n) is 11.5. The Labute approximate surface area is 187 Å². The lowest BCUT2D eigenvalue weighted by atomic mass is 10.0. The lowest BCUT2D eigenvalue weighted by Crippen LogP contribution is -2.52. The van der Waals surface area contributed by atoms with E-state index in [2.05, 4.69) is 15.4 Å². The molecule has 3 aliphatic rings. The molecule has 32 heavy (non-hydrogen) atoms. The van der Waals surface area contributed by atoms with Crippen molar-refractivity contribution < 1.29 is 18.8 Å². The maximum absolute atomic E-state index is 12.2. The number of piperazine rings is 1. The highest BCUT2D eigenvalue weighted by Crippen LogP contribution is 2.37. The zero-order valence-corrected chi connectivity index (χ0v) is 18.7. The molecule has 1 aliphatic carbocycles. The normalized spacial score (nSPS) is 21.0. The molecule has 0 spiro atoms. The number of fused-ring (bicyclic) bond motifs is 1. The van der Waals surface area contributed by atoms with Crippen molar-refractivity contribution in [3.8, 4) is 16.9 Å². The lowest BCUT2D eigenvalue weighted by molar-refractivity contribution is -0.130. The first kappa shape index (κ1) is 21.0. The molecular formula is C24H30N4O4. The van der Waals surface area contributed by atoms with Gasteiger partial charge in [-0.1, -0.05) is 5.16 Å². The molecule has 2 aromatic rings. The monoisotopic (exact) mass is 438 g/mol. The number of carbonyl (C=O) groups excluding carboxylic acids is 2. The average molecular weight is 439 g/mol. The Bertz CT molecular complexity index is 1010. The first-order chi connectivity index (χ1) is 15.5. The van der Waals surface area contributed by atoms with Gasteiger partial charge in [-0.25, -0.2) is 0 Å². The molecule has 2 amide bonds. The lowest BCUT2D eigenvalue weighted by Gasteiger charge is -2.37. The second-order valence-corrected chi connectivity index (χ2v) is 9.10. The predicted molar refractivity (Wildman–Crippen MR) is 119 cm³/mol. The van der Waals surface area contributed by atoms with Gasteiger partial charge in [-0.3, -0.25) is 14.5 Å². The maximum atomic E-state index is 12.2. The van der Waals surface area contributed by atoms with Crippen LogP contribution in [0.5, 0.6) is 5.75 Å². The molecule has 0 bridgehead atoms. The Hall–Kier alpha value is -2.87. The molecule has 2 aliphatic heterocycles. The van der Waals surface area contributed by atoms with Gasteiger partial charge in [0.15, 0.2) is 0 Å². The second kappa shape index (κ2) is 8.58. The second-order valence-electron chi connectivity index (χ2n) is 9.10. The summed E-state index contributed by atoms with van der Waals surface area (Å²) in [5, 5.41) is 7.11. The molecule has 1 N–H and O–H groups in total. The van der Waals surface area contributed by atoms with Crippen molar-refractivity contribution in [1.29, 1.82) is 0 Å². The predicted octanol–water partition coefficient (Wildman–Crippen LogP) is 2.99. The third-order valence-electron chi connectivity index (χ3n) is 6.74. The Balaban J connectivity index is 1.28. The van der Waals surface area contributed by atoms with Crippen LogP contribution in [-0.2, 0) is 9.59 Å². The Kier molecular flexibility index (Phi) is 5.63. The minimum absolute atomic E-state index is 0.0768. The largest absolute Gasteiger partial charge is 0.492 e. The highest BCUT2D eigenvalue weighted by atomic mass is 16.5. The average Bonchev–Trinajstić information content (AvgIpc) is 3.50. The zero-order valence-electron chi connectivity index (χ0n) is 18.7. The molecule has 5 rings (SSSR count). The van der Waals surface area contributed by atoms with Crippen LogP contribution >= 0.6 is 0 Å². The van der Waals surface area contributed by atoms with Gasteiger partial charge in [0.25, 0.3) is 0 Å². The zero-order chi connectivity index (χ0) is 22.2. The number of benzene rings is 1. The number of carbonyl (C=O) groups is 2. The number of anilines is 1. The van der Waals surface area contributed by atoms with Crippen LogP contribution in [0.15, 0.2) is 22.7 Å². The van der Waals surface area contributed by atoms with Gasteiger partial charge in [-0.05, 0) is 51.3 Å². The van der Waals surface area contributed by atoms with Crippen molar-refractivity contribution in [2.75, 3.05) is 38.1 Å². The van der Waals surface area contributed by atoms with Crippen molar-refractivity contribution in [2.45, 2.75) is 45.6 Å². The Morgan fingerprint density at radius 1 is 1.25 bits per heavy atom. The number of rotatable bonds is 7. The quantitative estimate of drug-likeness (QED) is 0.715. The standard InChI is InChI=1S/C24H30N4O4/c1-15-23(16(2)32-26-15)20-13-18(25-24(30)17-3-4-17)5-7-21(20)31-12-11-27-9-10-28-19(14-27)6-8-22(28)29/h5,7,13,17,19H,3-4,6,8-12,14H2,1-2H3,(H,25,30). The third kappa shape index (κ3) is 4.24. The van der Waals surface area contributed by atoms with Crippen LogP contribution in [-0.4, -0.2) is 65.6 Å². The Morgan fingerprint density at radius 2 is 2.09 bits per heavy atom. The Morgan fingerprint density at radius 3 is 2.84 bits per heavy atom. The molecule has 0 radical (unpaired) electrons. The van der Waals surface area contributed by atoms with Gasteiger partial charge in [0.05, 0.1) is 11.3 Å². The molecule has 170 valence electrons. The van der Waals surface area contributed by atoms with E-state index in [0.717, 1.165) is 79.5 Å². The van der Waals surface area contributed by atoms with E-state index in [4.69, 9.17) is 9.26 Å². The molecule has 1 aromatic heterocycles. The summed E-state index contributed by atoms with van der Waals surface area (Å²) < 4.78 is 11.6. The topological polar surface area (TPSA) is 87.9 Å². The summed E-state index contributed by atoms with van der Waals surface area (Å²) in [6, 6.07) is 6.10. The number of aromatic nitrogens is 1. The molecule has 8 heteroatoms. The van der Waals surface area contributed by atoms with E-state index in [-0.39, 0.29) is 11.8 Å². The van der Waals surface area contributed by atoms with Crippen molar-refractivity contribution >= 4 is 17.5 Å². The van der Waals surface area contributed by atoms with Gasteiger partial charge in [-0.15, -0.1) is 0 Å². The fraction of sp³-hybridized carbons (Fsp3) is 0.542. The minimum Gasteiger partial charge on any atom is -0.492 e. The van der Waals surface area contributed by atoms with Gasteiger partial charge in [0.1, 0.15) is 18.1 Å². The molecule has 1 atom stereocenters. The number of amides is 2. The van der Waals surface area contributed by atoms with Crippen molar-refractivity contribution in [3.05, 3.63) is 29.7 Å². The number of nitrogens with one attached hydrogen (secondary N) is 1. The van der Waals surface area contributed by atoms with E-state index >= 15 is 0 Å². The van der Waals surface area contributed by atoms with Gasteiger partial charge in [0, 0.05) is 55.8 Å². The minimum atomic E-state index is 0.0768. The highest BCUT2D eigenvalue weighted by Gasteiger charge is 2.35.